The molecule has 0 aliphatic heterocycles. The van der Waals surface area contributed by atoms with Crippen LogP contribution in [0.4, 0.5) is 5.69 Å². The highest BCUT2D eigenvalue weighted by atomic mass is 79.9. The topological polar surface area (TPSA) is 34.1 Å². The molecule has 0 aliphatic rings. The number of aromatic nitrogens is 1. The maximum Gasteiger partial charge on any atom is 0.109 e. The van der Waals surface area contributed by atoms with Crippen molar-refractivity contribution >= 4 is 21.6 Å². The average Bonchev–Trinajstić information content (AvgIpc) is 2.20. The Hall–Kier alpha value is -0.610. The van der Waals surface area contributed by atoms with Crippen LogP contribution in [0.1, 0.15) is 18.9 Å². The molecule has 0 spiro atoms. The largest absolute Gasteiger partial charge is 0.385 e. The number of nitrogens with zero attached hydrogens (tertiary/aromatic N) is 1. The van der Waals surface area contributed by atoms with Gasteiger partial charge in [-0.15, -0.1) is 0 Å². The van der Waals surface area contributed by atoms with Crippen molar-refractivity contribution in [2.24, 2.45) is 0 Å². The van der Waals surface area contributed by atoms with Crippen LogP contribution in [0.15, 0.2) is 16.9 Å². The van der Waals surface area contributed by atoms with Gasteiger partial charge in [-0.2, -0.15) is 0 Å². The summed E-state index contributed by atoms with van der Waals surface area (Å²) in [6.45, 7) is 4.94. The number of rotatable bonds is 5. The van der Waals surface area contributed by atoms with Crippen molar-refractivity contribution in [3.63, 3.8) is 0 Å². The van der Waals surface area contributed by atoms with E-state index in [9.17, 15) is 0 Å². The molecule has 1 aromatic heterocycles. The van der Waals surface area contributed by atoms with E-state index in [0.717, 1.165) is 28.9 Å². The van der Waals surface area contributed by atoms with Crippen LogP contribution in [-0.2, 0) is 4.74 Å². The number of pyridine rings is 1. The van der Waals surface area contributed by atoms with Gasteiger partial charge in [0.25, 0.3) is 0 Å². The number of nitrogens with one attached hydrogen (secondary N) is 1. The number of halogens is 1. The van der Waals surface area contributed by atoms with Gasteiger partial charge in [-0.3, -0.25) is 0 Å². The molecule has 0 fully saturated rings. The van der Waals surface area contributed by atoms with Gasteiger partial charge in [0, 0.05) is 19.8 Å². The fourth-order valence-corrected chi connectivity index (χ4v) is 1.51. The van der Waals surface area contributed by atoms with E-state index < -0.39 is 0 Å². The van der Waals surface area contributed by atoms with Crippen molar-refractivity contribution in [1.29, 1.82) is 0 Å². The number of methoxy groups -OCH3 is 1. The lowest BCUT2D eigenvalue weighted by Crippen LogP contribution is -2.17. The summed E-state index contributed by atoms with van der Waals surface area (Å²) in [6, 6.07) is 2.48. The lowest BCUT2D eigenvalue weighted by molar-refractivity contribution is 0.191. The minimum Gasteiger partial charge on any atom is -0.385 e. The molecule has 1 N–H and O–H groups in total. The second kappa shape index (κ2) is 6.08. The number of hydrogen-bond acceptors (Lipinski definition) is 3. The van der Waals surface area contributed by atoms with E-state index in [1.807, 2.05) is 13.1 Å². The molecule has 1 aromatic rings. The van der Waals surface area contributed by atoms with Crippen LogP contribution < -0.4 is 5.32 Å². The molecule has 0 saturated carbocycles. The van der Waals surface area contributed by atoms with Crippen LogP contribution in [0.5, 0.6) is 0 Å². The number of hydrogen-bond donors (Lipinski definition) is 1. The molecule has 0 amide bonds. The molecular formula is C11H17BrN2O. The molecule has 0 bridgehead atoms. The zero-order chi connectivity index (χ0) is 11.3. The average molecular weight is 273 g/mol. The number of aryl methyl sites for hydroxylation is 1. The third kappa shape index (κ3) is 4.18. The standard InChI is InChI=1S/C11H17BrN2O/c1-8-6-10(7-13-11(8)12)14-9(2)4-5-15-3/h6-7,9,14H,4-5H2,1-3H3. The van der Waals surface area contributed by atoms with Crippen molar-refractivity contribution in [1.82, 2.24) is 4.98 Å². The highest BCUT2D eigenvalue weighted by Gasteiger charge is 2.03. The Balaban J connectivity index is 2.53. The van der Waals surface area contributed by atoms with Gasteiger partial charge >= 0.3 is 0 Å². The van der Waals surface area contributed by atoms with Gasteiger partial charge in [-0.1, -0.05) is 0 Å². The molecule has 84 valence electrons. The van der Waals surface area contributed by atoms with Crippen LogP contribution in [-0.4, -0.2) is 24.7 Å². The Morgan fingerprint density at radius 2 is 2.33 bits per heavy atom. The minimum atomic E-state index is 0.396. The SMILES string of the molecule is COCCC(C)Nc1cnc(Br)c(C)c1. The van der Waals surface area contributed by atoms with E-state index in [-0.39, 0.29) is 0 Å². The molecule has 1 unspecified atom stereocenters. The van der Waals surface area contributed by atoms with Crippen LogP contribution in [0, 0.1) is 6.92 Å². The Labute approximate surface area is 99.4 Å². The predicted molar refractivity (Wildman–Crippen MR) is 66.3 cm³/mol. The Morgan fingerprint density at radius 1 is 1.60 bits per heavy atom. The van der Waals surface area contributed by atoms with Gasteiger partial charge in [0.2, 0.25) is 0 Å². The number of anilines is 1. The predicted octanol–water partition coefficient (Wildman–Crippen LogP) is 2.99. The van der Waals surface area contributed by atoms with Crippen LogP contribution in [0.2, 0.25) is 0 Å². The summed E-state index contributed by atoms with van der Waals surface area (Å²) >= 11 is 3.38. The molecule has 15 heavy (non-hydrogen) atoms. The van der Waals surface area contributed by atoms with Crippen LogP contribution in [0.3, 0.4) is 0 Å². The summed E-state index contributed by atoms with van der Waals surface area (Å²) < 4.78 is 5.93. The Bertz CT molecular complexity index is 317. The van der Waals surface area contributed by atoms with Gasteiger partial charge in [0.15, 0.2) is 0 Å². The molecule has 4 heteroatoms. The van der Waals surface area contributed by atoms with Crippen LogP contribution in [0.25, 0.3) is 0 Å². The zero-order valence-corrected chi connectivity index (χ0v) is 11.0. The summed E-state index contributed by atoms with van der Waals surface area (Å²) in [7, 11) is 1.72. The first-order valence-electron chi connectivity index (χ1n) is 5.01. The second-order valence-electron chi connectivity index (χ2n) is 3.66. The van der Waals surface area contributed by atoms with Gasteiger partial charge < -0.3 is 10.1 Å². The Kier molecular flexibility index (Phi) is 5.05. The van der Waals surface area contributed by atoms with E-state index >= 15 is 0 Å². The maximum absolute atomic E-state index is 5.03. The molecule has 0 saturated heterocycles. The van der Waals surface area contributed by atoms with E-state index in [4.69, 9.17) is 4.74 Å². The molecule has 0 aromatic carbocycles. The summed E-state index contributed by atoms with van der Waals surface area (Å²) in [6.07, 6.45) is 2.83. The summed E-state index contributed by atoms with van der Waals surface area (Å²) in [5.41, 5.74) is 2.19. The van der Waals surface area contributed by atoms with E-state index in [2.05, 4.69) is 39.2 Å². The highest BCUT2D eigenvalue weighted by molar-refractivity contribution is 9.10. The minimum absolute atomic E-state index is 0.396. The fourth-order valence-electron chi connectivity index (χ4n) is 1.29. The van der Waals surface area contributed by atoms with Crippen molar-refractivity contribution in [3.05, 3.63) is 22.4 Å². The lowest BCUT2D eigenvalue weighted by Gasteiger charge is -2.14. The lowest BCUT2D eigenvalue weighted by atomic mass is 10.2. The maximum atomic E-state index is 5.03. The van der Waals surface area contributed by atoms with Gasteiger partial charge in [-0.25, -0.2) is 4.98 Å². The molecule has 1 atom stereocenters. The smallest absolute Gasteiger partial charge is 0.109 e. The third-order valence-electron chi connectivity index (χ3n) is 2.18. The van der Waals surface area contributed by atoms with Gasteiger partial charge in [0.05, 0.1) is 11.9 Å². The molecule has 3 nitrogen and oxygen atoms in total. The Morgan fingerprint density at radius 3 is 2.93 bits per heavy atom. The monoisotopic (exact) mass is 272 g/mol. The van der Waals surface area contributed by atoms with Crippen molar-refractivity contribution < 1.29 is 4.74 Å². The van der Waals surface area contributed by atoms with Crippen LogP contribution >= 0.6 is 15.9 Å². The molecule has 1 rings (SSSR count). The fraction of sp³-hybridized carbons (Fsp3) is 0.545. The van der Waals surface area contributed by atoms with Gasteiger partial charge in [0.1, 0.15) is 4.60 Å². The molecule has 1 heterocycles. The van der Waals surface area contributed by atoms with E-state index in [0.29, 0.717) is 6.04 Å². The van der Waals surface area contributed by atoms with E-state index in [1.54, 1.807) is 7.11 Å². The summed E-state index contributed by atoms with van der Waals surface area (Å²) in [5, 5.41) is 3.38. The normalized spacial score (nSPS) is 12.5. The van der Waals surface area contributed by atoms with E-state index in [1.165, 1.54) is 0 Å². The van der Waals surface area contributed by atoms with Crippen molar-refractivity contribution in [3.8, 4) is 0 Å². The second-order valence-corrected chi connectivity index (χ2v) is 4.41. The quantitative estimate of drug-likeness (QED) is 0.837. The summed E-state index contributed by atoms with van der Waals surface area (Å²) in [4.78, 5) is 4.23. The first-order chi connectivity index (χ1) is 7.13. The summed E-state index contributed by atoms with van der Waals surface area (Å²) in [5.74, 6) is 0. The molecular weight excluding hydrogens is 256 g/mol. The third-order valence-corrected chi connectivity index (χ3v) is 3.01. The van der Waals surface area contributed by atoms with Crippen molar-refractivity contribution in [2.45, 2.75) is 26.3 Å². The first kappa shape index (κ1) is 12.5. The van der Waals surface area contributed by atoms with Gasteiger partial charge in [-0.05, 0) is 47.8 Å². The zero-order valence-electron chi connectivity index (χ0n) is 9.38. The van der Waals surface area contributed by atoms with Crippen molar-refractivity contribution in [2.75, 3.05) is 19.0 Å². The highest BCUT2D eigenvalue weighted by Crippen LogP contribution is 2.17. The molecule has 0 aliphatic carbocycles. The first-order valence-corrected chi connectivity index (χ1v) is 5.80. The molecule has 0 radical (unpaired) electrons. The number of ether oxygens (including phenoxy) is 1.